The molecule has 4 heteroatoms. The summed E-state index contributed by atoms with van der Waals surface area (Å²) in [6.45, 7) is 0. The van der Waals surface area contributed by atoms with Crippen molar-refractivity contribution in [3.05, 3.63) is 29.3 Å². The lowest BCUT2D eigenvalue weighted by Gasteiger charge is -2.06. The molecule has 0 spiro atoms. The third-order valence-corrected chi connectivity index (χ3v) is 2.86. The van der Waals surface area contributed by atoms with Gasteiger partial charge in [-0.3, -0.25) is 4.79 Å². The van der Waals surface area contributed by atoms with Gasteiger partial charge in [-0.25, -0.2) is 0 Å². The fourth-order valence-electron chi connectivity index (χ4n) is 2.01. The van der Waals surface area contributed by atoms with Crippen molar-refractivity contribution in [3.63, 3.8) is 0 Å². The number of carbonyl (C=O) groups excluding carboxylic acids is 1. The van der Waals surface area contributed by atoms with Gasteiger partial charge in [0.15, 0.2) is 0 Å². The molecule has 0 unspecified atom stereocenters. The van der Waals surface area contributed by atoms with Crippen LogP contribution in [0.1, 0.15) is 24.0 Å². The largest absolute Gasteiger partial charge is 0.393 e. The van der Waals surface area contributed by atoms with E-state index in [-0.39, 0.29) is 17.3 Å². The number of hydrogen-bond acceptors (Lipinski definition) is 2. The monoisotopic (exact) mass is 234 g/mol. The Morgan fingerprint density at radius 1 is 1.38 bits per heavy atom. The Balaban J connectivity index is 2.05. The average Bonchev–Trinajstić information content (AvgIpc) is 2.63. The maximum Gasteiger partial charge on any atom is 0.231 e. The van der Waals surface area contributed by atoms with Gasteiger partial charge in [0.2, 0.25) is 5.91 Å². The van der Waals surface area contributed by atoms with Gasteiger partial charge in [0.05, 0.1) is 11.4 Å². The zero-order chi connectivity index (χ0) is 11.5. The summed E-state index contributed by atoms with van der Waals surface area (Å²) < 4.78 is 0. The number of nitrogens with two attached hydrogens (primary N) is 1. The highest BCUT2D eigenvalue weighted by molar-refractivity contribution is 7.80. The number of anilines is 1. The van der Waals surface area contributed by atoms with Gasteiger partial charge in [0.25, 0.3) is 0 Å². The van der Waals surface area contributed by atoms with E-state index in [2.05, 4.69) is 23.6 Å². The van der Waals surface area contributed by atoms with Crippen molar-refractivity contribution in [2.45, 2.75) is 25.7 Å². The number of aryl methyl sites for hydroxylation is 2. The summed E-state index contributed by atoms with van der Waals surface area (Å²) in [5, 5.41) is 2.80. The molecule has 0 aliphatic heterocycles. The molecule has 0 aromatic heterocycles. The minimum absolute atomic E-state index is 0.104. The fourth-order valence-corrected chi connectivity index (χ4v) is 2.14. The predicted octanol–water partition coefficient (Wildman–Crippen LogP) is 1.79. The molecule has 1 aliphatic carbocycles. The SMILES string of the molecule is NC(=S)CC(=O)Nc1ccc2c(c1)CCC2. The second-order valence-corrected chi connectivity index (χ2v) is 4.55. The minimum Gasteiger partial charge on any atom is -0.393 e. The average molecular weight is 234 g/mol. The zero-order valence-electron chi connectivity index (χ0n) is 8.95. The van der Waals surface area contributed by atoms with Gasteiger partial charge in [-0.15, -0.1) is 0 Å². The first-order chi connectivity index (χ1) is 7.65. The first-order valence-corrected chi connectivity index (χ1v) is 5.76. The van der Waals surface area contributed by atoms with Crippen LogP contribution in [0.25, 0.3) is 0 Å². The van der Waals surface area contributed by atoms with E-state index in [1.54, 1.807) is 0 Å². The standard InChI is InChI=1S/C12H14N2OS/c13-11(16)7-12(15)14-10-5-4-8-2-1-3-9(8)6-10/h4-6H,1-3,7H2,(H2,13,16)(H,14,15). The van der Waals surface area contributed by atoms with Crippen LogP contribution < -0.4 is 11.1 Å². The number of rotatable bonds is 3. The van der Waals surface area contributed by atoms with Crippen LogP contribution in [0.4, 0.5) is 5.69 Å². The molecule has 0 radical (unpaired) electrons. The second kappa shape index (κ2) is 4.61. The van der Waals surface area contributed by atoms with Crippen LogP contribution in [0.2, 0.25) is 0 Å². The molecule has 0 heterocycles. The topological polar surface area (TPSA) is 55.1 Å². The first kappa shape index (κ1) is 11.1. The highest BCUT2D eigenvalue weighted by Crippen LogP contribution is 2.24. The van der Waals surface area contributed by atoms with Gasteiger partial charge < -0.3 is 11.1 Å². The van der Waals surface area contributed by atoms with Crippen LogP contribution in [-0.2, 0) is 17.6 Å². The van der Waals surface area contributed by atoms with Crippen molar-refractivity contribution in [2.24, 2.45) is 5.73 Å². The molecule has 3 nitrogen and oxygen atoms in total. The summed E-state index contributed by atoms with van der Waals surface area (Å²) >= 11 is 4.68. The molecule has 2 rings (SSSR count). The van der Waals surface area contributed by atoms with Gasteiger partial charge in [-0.1, -0.05) is 18.3 Å². The van der Waals surface area contributed by atoms with Crippen LogP contribution in [0.15, 0.2) is 18.2 Å². The second-order valence-electron chi connectivity index (χ2n) is 4.03. The molecule has 1 aromatic rings. The summed E-state index contributed by atoms with van der Waals surface area (Å²) in [5.41, 5.74) is 8.88. The van der Waals surface area contributed by atoms with Crippen molar-refractivity contribution in [1.82, 2.24) is 0 Å². The molecule has 3 N–H and O–H groups in total. The molecule has 1 aliphatic rings. The van der Waals surface area contributed by atoms with Crippen LogP contribution >= 0.6 is 12.2 Å². The van der Waals surface area contributed by atoms with Crippen molar-refractivity contribution < 1.29 is 4.79 Å². The van der Waals surface area contributed by atoms with Crippen molar-refractivity contribution >= 4 is 28.8 Å². The number of nitrogens with one attached hydrogen (secondary N) is 1. The number of fused-ring (bicyclic) bond motifs is 1. The van der Waals surface area contributed by atoms with Gasteiger partial charge >= 0.3 is 0 Å². The van der Waals surface area contributed by atoms with E-state index >= 15 is 0 Å². The number of thiocarbonyl (C=S) groups is 1. The van der Waals surface area contributed by atoms with Crippen LogP contribution in [0, 0.1) is 0 Å². The van der Waals surface area contributed by atoms with Crippen LogP contribution in [0.3, 0.4) is 0 Å². The third kappa shape index (κ3) is 2.58. The lowest BCUT2D eigenvalue weighted by atomic mass is 10.1. The molecule has 1 aromatic carbocycles. The first-order valence-electron chi connectivity index (χ1n) is 5.35. The molecular weight excluding hydrogens is 220 g/mol. The van der Waals surface area contributed by atoms with Crippen molar-refractivity contribution in [2.75, 3.05) is 5.32 Å². The normalized spacial score (nSPS) is 13.2. The smallest absolute Gasteiger partial charge is 0.231 e. The van der Waals surface area contributed by atoms with E-state index in [1.165, 1.54) is 17.5 Å². The summed E-state index contributed by atoms with van der Waals surface area (Å²) in [5.74, 6) is -0.148. The molecular formula is C12H14N2OS. The summed E-state index contributed by atoms with van der Waals surface area (Å²) in [6.07, 6.45) is 3.57. The van der Waals surface area contributed by atoms with Crippen molar-refractivity contribution in [1.29, 1.82) is 0 Å². The van der Waals surface area contributed by atoms with E-state index in [0.717, 1.165) is 18.5 Å². The number of amides is 1. The summed E-state index contributed by atoms with van der Waals surface area (Å²) in [6, 6.07) is 6.06. The Kier molecular flexibility index (Phi) is 3.19. The van der Waals surface area contributed by atoms with E-state index in [1.807, 2.05) is 12.1 Å². The van der Waals surface area contributed by atoms with Gasteiger partial charge in [0, 0.05) is 5.69 Å². The van der Waals surface area contributed by atoms with E-state index in [9.17, 15) is 4.79 Å². The van der Waals surface area contributed by atoms with Crippen LogP contribution in [-0.4, -0.2) is 10.9 Å². The van der Waals surface area contributed by atoms with Crippen molar-refractivity contribution in [3.8, 4) is 0 Å². The molecule has 16 heavy (non-hydrogen) atoms. The van der Waals surface area contributed by atoms with Gasteiger partial charge in [-0.05, 0) is 42.5 Å². The molecule has 84 valence electrons. The molecule has 0 saturated heterocycles. The van der Waals surface area contributed by atoms with Gasteiger partial charge in [0.1, 0.15) is 0 Å². The number of hydrogen-bond donors (Lipinski definition) is 2. The quantitative estimate of drug-likeness (QED) is 0.784. The zero-order valence-corrected chi connectivity index (χ0v) is 9.77. The fraction of sp³-hybridized carbons (Fsp3) is 0.333. The maximum atomic E-state index is 11.4. The Hall–Kier alpha value is -1.42. The molecule has 0 bridgehead atoms. The maximum absolute atomic E-state index is 11.4. The number of benzene rings is 1. The van der Waals surface area contributed by atoms with Crippen LogP contribution in [0.5, 0.6) is 0 Å². The molecule has 0 fully saturated rings. The van der Waals surface area contributed by atoms with E-state index in [0.29, 0.717) is 0 Å². The lowest BCUT2D eigenvalue weighted by Crippen LogP contribution is -2.20. The molecule has 0 saturated carbocycles. The summed E-state index contributed by atoms with van der Waals surface area (Å²) in [7, 11) is 0. The van der Waals surface area contributed by atoms with E-state index < -0.39 is 0 Å². The molecule has 1 amide bonds. The predicted molar refractivity (Wildman–Crippen MR) is 68.5 cm³/mol. The highest BCUT2D eigenvalue weighted by atomic mass is 32.1. The minimum atomic E-state index is -0.148. The Bertz CT molecular complexity index is 443. The number of carbonyl (C=O) groups is 1. The summed E-state index contributed by atoms with van der Waals surface area (Å²) in [4.78, 5) is 11.7. The van der Waals surface area contributed by atoms with E-state index in [4.69, 9.17) is 5.73 Å². The Morgan fingerprint density at radius 2 is 2.12 bits per heavy atom. The molecule has 0 atom stereocenters. The lowest BCUT2D eigenvalue weighted by molar-refractivity contribution is -0.115. The Morgan fingerprint density at radius 3 is 2.88 bits per heavy atom. The third-order valence-electron chi connectivity index (χ3n) is 2.72. The van der Waals surface area contributed by atoms with Gasteiger partial charge in [-0.2, -0.15) is 0 Å². The Labute approximate surface area is 100 Å². The highest BCUT2D eigenvalue weighted by Gasteiger charge is 2.11.